The summed E-state index contributed by atoms with van der Waals surface area (Å²) in [7, 11) is 0. The molecule has 0 saturated carbocycles. The van der Waals surface area contributed by atoms with Crippen LogP contribution in [0.3, 0.4) is 0 Å². The second-order valence-corrected chi connectivity index (χ2v) is 7.89. The highest BCUT2D eigenvalue weighted by Crippen LogP contribution is 2.19. The van der Waals surface area contributed by atoms with E-state index in [1.807, 2.05) is 4.90 Å². The molecule has 10 heteroatoms. The van der Waals surface area contributed by atoms with Crippen LogP contribution in [0.25, 0.3) is 5.69 Å². The number of likely N-dealkylation sites (tertiary alicyclic amines) is 1. The number of hydrogen-bond donors (Lipinski definition) is 0. The van der Waals surface area contributed by atoms with E-state index in [4.69, 9.17) is 0 Å². The number of nitro groups is 1. The van der Waals surface area contributed by atoms with Crippen molar-refractivity contribution >= 4 is 11.6 Å². The van der Waals surface area contributed by atoms with Gasteiger partial charge in [-0.1, -0.05) is 11.3 Å². The first-order chi connectivity index (χ1) is 14.5. The smallest absolute Gasteiger partial charge is 0.276 e. The molecule has 2 fully saturated rings. The normalized spacial score (nSPS) is 18.1. The summed E-state index contributed by atoms with van der Waals surface area (Å²) in [6.45, 7) is 9.38. The van der Waals surface area contributed by atoms with E-state index in [1.165, 1.54) is 42.7 Å². The Morgan fingerprint density at radius 2 is 1.73 bits per heavy atom. The van der Waals surface area contributed by atoms with Gasteiger partial charge in [0.25, 0.3) is 11.6 Å². The van der Waals surface area contributed by atoms with Gasteiger partial charge >= 0.3 is 0 Å². The van der Waals surface area contributed by atoms with Crippen molar-refractivity contribution in [1.82, 2.24) is 29.7 Å². The molecular weight excluding hydrogens is 386 g/mol. The maximum absolute atomic E-state index is 13.0. The van der Waals surface area contributed by atoms with Crippen molar-refractivity contribution < 1.29 is 9.72 Å². The van der Waals surface area contributed by atoms with Crippen LogP contribution >= 0.6 is 0 Å². The minimum Gasteiger partial charge on any atom is -0.335 e. The number of amides is 1. The van der Waals surface area contributed by atoms with Crippen molar-refractivity contribution in [3.8, 4) is 5.69 Å². The second-order valence-electron chi connectivity index (χ2n) is 7.89. The number of hydrogen-bond acceptors (Lipinski definition) is 7. The summed E-state index contributed by atoms with van der Waals surface area (Å²) in [5.74, 6) is -0.136. The fraction of sp³-hybridized carbons (Fsp3) is 0.550. The second kappa shape index (κ2) is 8.88. The maximum Gasteiger partial charge on any atom is 0.276 e. The van der Waals surface area contributed by atoms with Gasteiger partial charge in [-0.05, 0) is 38.9 Å². The lowest BCUT2D eigenvalue weighted by molar-refractivity contribution is -0.384. The number of carbonyl (C=O) groups is 1. The summed E-state index contributed by atoms with van der Waals surface area (Å²) >= 11 is 0. The van der Waals surface area contributed by atoms with Crippen LogP contribution in [0.1, 0.15) is 29.0 Å². The van der Waals surface area contributed by atoms with Gasteiger partial charge in [0.2, 0.25) is 0 Å². The van der Waals surface area contributed by atoms with Crippen molar-refractivity contribution in [2.45, 2.75) is 19.8 Å². The van der Waals surface area contributed by atoms with E-state index < -0.39 is 4.92 Å². The van der Waals surface area contributed by atoms with Crippen LogP contribution in [0, 0.1) is 17.0 Å². The third kappa shape index (κ3) is 4.34. The molecule has 2 aliphatic rings. The van der Waals surface area contributed by atoms with Crippen LogP contribution in [0.15, 0.2) is 24.3 Å². The third-order valence-electron chi connectivity index (χ3n) is 5.97. The molecule has 30 heavy (non-hydrogen) atoms. The molecule has 160 valence electrons. The first-order valence-electron chi connectivity index (χ1n) is 10.4. The average Bonchev–Trinajstić information content (AvgIpc) is 3.42. The summed E-state index contributed by atoms with van der Waals surface area (Å²) in [4.78, 5) is 30.3. The quantitative estimate of drug-likeness (QED) is 0.520. The lowest BCUT2D eigenvalue weighted by atomic mass is 10.2. The van der Waals surface area contributed by atoms with E-state index in [9.17, 15) is 14.9 Å². The van der Waals surface area contributed by atoms with Crippen molar-refractivity contribution in [1.29, 1.82) is 0 Å². The zero-order chi connectivity index (χ0) is 21.1. The number of benzene rings is 1. The number of piperazine rings is 1. The molecule has 1 aromatic heterocycles. The van der Waals surface area contributed by atoms with E-state index in [1.54, 1.807) is 19.1 Å². The topological polar surface area (TPSA) is 101 Å². The zero-order valence-electron chi connectivity index (χ0n) is 17.2. The molecule has 4 rings (SSSR count). The van der Waals surface area contributed by atoms with Gasteiger partial charge in [-0.15, -0.1) is 5.10 Å². The number of carbonyl (C=O) groups excluding carboxylic acids is 1. The number of non-ortho nitro benzene ring substituents is 1. The first-order valence-corrected chi connectivity index (χ1v) is 10.4. The SMILES string of the molecule is Cc1c(C(=O)N2CCN(CCN3CCCC3)CC2)nnn1-c1cccc([N+](=O)[O-])c1. The summed E-state index contributed by atoms with van der Waals surface area (Å²) in [5.41, 5.74) is 1.37. The lowest BCUT2D eigenvalue weighted by Crippen LogP contribution is -2.50. The van der Waals surface area contributed by atoms with Gasteiger partial charge in [-0.2, -0.15) is 0 Å². The fourth-order valence-corrected chi connectivity index (χ4v) is 4.12. The number of nitro benzene ring substituents is 1. The Bertz CT molecular complexity index is 915. The standard InChI is InChI=1S/C20H27N7O3/c1-16-19(21-22-26(16)17-5-4-6-18(15-17)27(29)30)20(28)25-13-11-24(12-14-25)10-9-23-7-2-3-8-23/h4-6,15H,2-3,7-14H2,1H3. The molecular formula is C20H27N7O3. The molecule has 0 radical (unpaired) electrons. The molecule has 0 bridgehead atoms. The average molecular weight is 413 g/mol. The minimum absolute atomic E-state index is 0.0275. The highest BCUT2D eigenvalue weighted by Gasteiger charge is 2.27. The number of nitrogens with zero attached hydrogens (tertiary/aromatic N) is 7. The van der Waals surface area contributed by atoms with Gasteiger partial charge in [0.05, 0.1) is 16.3 Å². The van der Waals surface area contributed by atoms with E-state index in [0.717, 1.165) is 26.2 Å². The Kier molecular flexibility index (Phi) is 6.05. The van der Waals surface area contributed by atoms with Crippen LogP contribution in [0.4, 0.5) is 5.69 Å². The van der Waals surface area contributed by atoms with E-state index in [2.05, 4.69) is 20.1 Å². The Morgan fingerprint density at radius 3 is 2.40 bits per heavy atom. The molecule has 2 aromatic rings. The fourth-order valence-electron chi connectivity index (χ4n) is 4.12. The molecule has 0 N–H and O–H groups in total. The molecule has 2 saturated heterocycles. The highest BCUT2D eigenvalue weighted by molar-refractivity contribution is 5.93. The number of aromatic nitrogens is 3. The largest absolute Gasteiger partial charge is 0.335 e. The molecule has 1 aromatic carbocycles. The first kappa shape index (κ1) is 20.4. The molecule has 2 aliphatic heterocycles. The van der Waals surface area contributed by atoms with Crippen molar-refractivity contribution in [3.63, 3.8) is 0 Å². The Morgan fingerprint density at radius 1 is 1.07 bits per heavy atom. The van der Waals surface area contributed by atoms with Crippen LogP contribution in [0.5, 0.6) is 0 Å². The van der Waals surface area contributed by atoms with Gasteiger partial charge in [0, 0.05) is 51.4 Å². The highest BCUT2D eigenvalue weighted by atomic mass is 16.6. The van der Waals surface area contributed by atoms with Crippen LogP contribution < -0.4 is 0 Å². The van der Waals surface area contributed by atoms with Gasteiger partial charge in [0.15, 0.2) is 5.69 Å². The van der Waals surface area contributed by atoms with Gasteiger partial charge in [-0.25, -0.2) is 4.68 Å². The molecule has 0 aliphatic carbocycles. The van der Waals surface area contributed by atoms with Crippen molar-refractivity contribution in [3.05, 3.63) is 45.8 Å². The minimum atomic E-state index is -0.453. The lowest BCUT2D eigenvalue weighted by Gasteiger charge is -2.35. The summed E-state index contributed by atoms with van der Waals surface area (Å²) in [6.07, 6.45) is 2.61. The van der Waals surface area contributed by atoms with E-state index in [-0.39, 0.29) is 11.6 Å². The third-order valence-corrected chi connectivity index (χ3v) is 5.97. The molecule has 10 nitrogen and oxygen atoms in total. The maximum atomic E-state index is 13.0. The van der Waals surface area contributed by atoms with Gasteiger partial charge < -0.3 is 9.80 Å². The van der Waals surface area contributed by atoms with Crippen LogP contribution in [-0.2, 0) is 0 Å². The summed E-state index contributed by atoms with van der Waals surface area (Å²) < 4.78 is 1.48. The van der Waals surface area contributed by atoms with Crippen LogP contribution in [0.2, 0.25) is 0 Å². The predicted octanol–water partition coefficient (Wildman–Crippen LogP) is 1.34. The van der Waals surface area contributed by atoms with Crippen molar-refractivity contribution in [2.24, 2.45) is 0 Å². The molecule has 1 amide bonds. The van der Waals surface area contributed by atoms with Gasteiger partial charge in [-0.3, -0.25) is 19.8 Å². The number of rotatable bonds is 6. The molecule has 0 unspecified atom stereocenters. The zero-order valence-corrected chi connectivity index (χ0v) is 17.2. The van der Waals surface area contributed by atoms with Crippen LogP contribution in [-0.4, -0.2) is 92.9 Å². The van der Waals surface area contributed by atoms with Crippen molar-refractivity contribution in [2.75, 3.05) is 52.4 Å². The summed E-state index contributed by atoms with van der Waals surface area (Å²) in [6, 6.07) is 6.15. The Balaban J connectivity index is 1.37. The molecule has 3 heterocycles. The Hall–Kier alpha value is -2.85. The van der Waals surface area contributed by atoms with Gasteiger partial charge in [0.1, 0.15) is 0 Å². The molecule has 0 atom stereocenters. The Labute approximate surface area is 175 Å². The monoisotopic (exact) mass is 413 g/mol. The predicted molar refractivity (Wildman–Crippen MR) is 111 cm³/mol. The van der Waals surface area contributed by atoms with E-state index in [0.29, 0.717) is 30.2 Å². The van der Waals surface area contributed by atoms with E-state index >= 15 is 0 Å². The molecule has 0 spiro atoms. The summed E-state index contributed by atoms with van der Waals surface area (Å²) in [5, 5.41) is 19.2.